The van der Waals surface area contributed by atoms with E-state index in [1.165, 1.54) is 11.3 Å². The summed E-state index contributed by atoms with van der Waals surface area (Å²) in [6.45, 7) is 2.13. The van der Waals surface area contributed by atoms with Crippen molar-refractivity contribution in [3.8, 4) is 0 Å². The number of nitrogens with zero attached hydrogens (tertiary/aromatic N) is 1. The van der Waals surface area contributed by atoms with Crippen LogP contribution in [0.5, 0.6) is 0 Å². The third kappa shape index (κ3) is 3.44. The topological polar surface area (TPSA) is 44.4 Å². The lowest BCUT2D eigenvalue weighted by molar-refractivity contribution is 0.102. The van der Waals surface area contributed by atoms with Crippen molar-refractivity contribution in [3.05, 3.63) is 51.0 Å². The lowest BCUT2D eigenvalue weighted by Crippen LogP contribution is -2.25. The lowest BCUT2D eigenvalue weighted by Gasteiger charge is -2.19. The number of carbonyl (C=O) groups is 1. The summed E-state index contributed by atoms with van der Waals surface area (Å²) in [7, 11) is 3.91. The van der Waals surface area contributed by atoms with Crippen LogP contribution in [-0.2, 0) is 19.5 Å². The summed E-state index contributed by atoms with van der Waals surface area (Å²) in [5, 5.41) is 7.84. The predicted molar refractivity (Wildman–Crippen MR) is 91.5 cm³/mol. The van der Waals surface area contributed by atoms with Crippen LogP contribution in [0.1, 0.15) is 26.4 Å². The van der Waals surface area contributed by atoms with Gasteiger partial charge in [0.25, 0.3) is 5.91 Å². The summed E-state index contributed by atoms with van der Waals surface area (Å²) < 4.78 is 14.6. The van der Waals surface area contributed by atoms with E-state index in [-0.39, 0.29) is 17.4 Å². The Labute approximate surface area is 139 Å². The molecule has 23 heavy (non-hydrogen) atoms. The number of benzene rings is 1. The highest BCUT2D eigenvalue weighted by atomic mass is 32.1. The fourth-order valence-electron chi connectivity index (χ4n) is 2.81. The number of carbonyl (C=O) groups excluding carboxylic acids is 1. The summed E-state index contributed by atoms with van der Waals surface area (Å²) in [5.74, 6) is -0.548. The Balaban J connectivity index is 1.82. The van der Waals surface area contributed by atoms with Gasteiger partial charge < -0.3 is 15.5 Å². The van der Waals surface area contributed by atoms with E-state index in [4.69, 9.17) is 0 Å². The number of nitrogens with one attached hydrogen (secondary N) is 2. The van der Waals surface area contributed by atoms with Crippen molar-refractivity contribution in [2.24, 2.45) is 0 Å². The van der Waals surface area contributed by atoms with E-state index >= 15 is 0 Å². The van der Waals surface area contributed by atoms with E-state index in [9.17, 15) is 9.18 Å². The molecule has 0 spiro atoms. The third-order valence-electron chi connectivity index (χ3n) is 3.90. The van der Waals surface area contributed by atoms with Crippen LogP contribution in [0.3, 0.4) is 0 Å². The molecule has 6 heteroatoms. The first-order chi connectivity index (χ1) is 11.1. The predicted octanol–water partition coefficient (Wildman–Crippen LogP) is 2.85. The van der Waals surface area contributed by atoms with Gasteiger partial charge in [0.15, 0.2) is 0 Å². The van der Waals surface area contributed by atoms with Crippen molar-refractivity contribution in [1.82, 2.24) is 10.2 Å². The molecule has 1 aromatic heterocycles. The molecule has 2 heterocycles. The monoisotopic (exact) mass is 333 g/mol. The number of rotatable bonds is 4. The number of amides is 1. The van der Waals surface area contributed by atoms with Crippen LogP contribution in [0.15, 0.2) is 23.6 Å². The van der Waals surface area contributed by atoms with E-state index in [0.29, 0.717) is 30.0 Å². The quantitative estimate of drug-likeness (QED) is 0.904. The molecule has 1 aromatic carbocycles. The van der Waals surface area contributed by atoms with E-state index in [0.717, 1.165) is 17.7 Å². The van der Waals surface area contributed by atoms with Gasteiger partial charge in [-0.25, -0.2) is 4.39 Å². The van der Waals surface area contributed by atoms with E-state index in [1.54, 1.807) is 6.07 Å². The first-order valence-corrected chi connectivity index (χ1v) is 8.47. The van der Waals surface area contributed by atoms with Crippen molar-refractivity contribution >= 4 is 22.9 Å². The molecular weight excluding hydrogens is 313 g/mol. The summed E-state index contributed by atoms with van der Waals surface area (Å²) in [6.07, 6.45) is 0.649. The van der Waals surface area contributed by atoms with Gasteiger partial charge in [0.05, 0.1) is 10.6 Å². The number of anilines is 1. The molecule has 1 amide bonds. The molecule has 0 saturated heterocycles. The van der Waals surface area contributed by atoms with Gasteiger partial charge >= 0.3 is 0 Å². The standard InChI is InChI=1S/C17H20FN3OS/c1-21(2)10-12-6-8-23-16(12)17(22)20-14-4-3-11-9-19-7-5-13(11)15(14)18/h3-4,6,8,19H,5,7,9-10H2,1-2H3,(H,20,22). The van der Waals surface area contributed by atoms with Crippen LogP contribution in [-0.4, -0.2) is 31.4 Å². The van der Waals surface area contributed by atoms with Crippen LogP contribution in [0.2, 0.25) is 0 Å². The second-order valence-electron chi connectivity index (χ2n) is 5.96. The van der Waals surface area contributed by atoms with E-state index in [1.807, 2.05) is 36.5 Å². The minimum absolute atomic E-state index is 0.246. The van der Waals surface area contributed by atoms with E-state index < -0.39 is 0 Å². The summed E-state index contributed by atoms with van der Waals surface area (Å²) in [4.78, 5) is 15.1. The van der Waals surface area contributed by atoms with Gasteiger partial charge in [0, 0.05) is 13.1 Å². The smallest absolute Gasteiger partial charge is 0.266 e. The highest BCUT2D eigenvalue weighted by Crippen LogP contribution is 2.26. The first kappa shape index (κ1) is 16.1. The molecule has 0 aliphatic carbocycles. The SMILES string of the molecule is CN(C)Cc1ccsc1C(=O)Nc1ccc2c(c1F)CCNC2. The Hall–Kier alpha value is -1.76. The normalized spacial score (nSPS) is 13.9. The molecule has 0 atom stereocenters. The molecule has 3 rings (SSSR count). The molecule has 122 valence electrons. The van der Waals surface area contributed by atoms with Crippen molar-refractivity contribution in [3.63, 3.8) is 0 Å². The Morgan fingerprint density at radius 3 is 3.00 bits per heavy atom. The van der Waals surface area contributed by atoms with Gasteiger partial charge in [-0.3, -0.25) is 4.79 Å². The van der Waals surface area contributed by atoms with Crippen molar-refractivity contribution < 1.29 is 9.18 Å². The average Bonchev–Trinajstić information content (AvgIpc) is 2.98. The molecule has 0 unspecified atom stereocenters. The van der Waals surface area contributed by atoms with E-state index in [2.05, 4.69) is 10.6 Å². The molecule has 0 saturated carbocycles. The second kappa shape index (κ2) is 6.78. The van der Waals surface area contributed by atoms with Gasteiger partial charge in [0.2, 0.25) is 0 Å². The summed E-state index contributed by atoms with van der Waals surface area (Å²) in [5.41, 5.74) is 2.90. The van der Waals surface area contributed by atoms with Crippen molar-refractivity contribution in [1.29, 1.82) is 0 Å². The third-order valence-corrected chi connectivity index (χ3v) is 4.85. The maximum atomic E-state index is 14.6. The zero-order valence-corrected chi connectivity index (χ0v) is 14.1. The van der Waals surface area contributed by atoms with Crippen LogP contribution in [0.4, 0.5) is 10.1 Å². The van der Waals surface area contributed by atoms with Gasteiger partial charge in [0.1, 0.15) is 5.82 Å². The molecule has 4 nitrogen and oxygen atoms in total. The maximum absolute atomic E-state index is 14.6. The zero-order chi connectivity index (χ0) is 16.4. The maximum Gasteiger partial charge on any atom is 0.266 e. The van der Waals surface area contributed by atoms with Crippen LogP contribution < -0.4 is 10.6 Å². The number of thiophene rings is 1. The largest absolute Gasteiger partial charge is 0.319 e. The molecule has 0 fully saturated rings. The lowest BCUT2D eigenvalue weighted by atomic mass is 9.99. The van der Waals surface area contributed by atoms with Gasteiger partial charge in [-0.1, -0.05) is 6.07 Å². The van der Waals surface area contributed by atoms with Crippen LogP contribution in [0, 0.1) is 5.82 Å². The Morgan fingerprint density at radius 2 is 2.22 bits per heavy atom. The minimum atomic E-state index is -0.303. The van der Waals surface area contributed by atoms with Gasteiger partial charge in [-0.2, -0.15) is 0 Å². The molecule has 0 radical (unpaired) electrons. The fourth-order valence-corrected chi connectivity index (χ4v) is 3.62. The van der Waals surface area contributed by atoms with Gasteiger partial charge in [-0.05, 0) is 61.3 Å². The van der Waals surface area contributed by atoms with Gasteiger partial charge in [-0.15, -0.1) is 11.3 Å². The Morgan fingerprint density at radius 1 is 1.39 bits per heavy atom. The Bertz CT molecular complexity index is 727. The first-order valence-electron chi connectivity index (χ1n) is 7.59. The van der Waals surface area contributed by atoms with Crippen molar-refractivity contribution in [2.45, 2.75) is 19.5 Å². The van der Waals surface area contributed by atoms with Crippen LogP contribution >= 0.6 is 11.3 Å². The summed E-state index contributed by atoms with van der Waals surface area (Å²) >= 11 is 1.38. The Kier molecular flexibility index (Phi) is 4.75. The second-order valence-corrected chi connectivity index (χ2v) is 6.87. The minimum Gasteiger partial charge on any atom is -0.319 e. The molecule has 1 aliphatic heterocycles. The number of halogens is 1. The average molecular weight is 333 g/mol. The molecular formula is C17H20FN3OS. The number of hydrogen-bond donors (Lipinski definition) is 2. The summed E-state index contributed by atoms with van der Waals surface area (Å²) in [6, 6.07) is 5.47. The number of hydrogen-bond acceptors (Lipinski definition) is 4. The number of fused-ring (bicyclic) bond motifs is 1. The highest BCUT2D eigenvalue weighted by Gasteiger charge is 2.19. The molecule has 2 aromatic rings. The van der Waals surface area contributed by atoms with Crippen molar-refractivity contribution in [2.75, 3.05) is 26.0 Å². The highest BCUT2D eigenvalue weighted by molar-refractivity contribution is 7.12. The molecule has 0 bridgehead atoms. The van der Waals surface area contributed by atoms with Crippen LogP contribution in [0.25, 0.3) is 0 Å². The molecule has 2 N–H and O–H groups in total. The molecule has 1 aliphatic rings. The zero-order valence-electron chi connectivity index (χ0n) is 13.3. The fraction of sp³-hybridized carbons (Fsp3) is 0.353.